The Hall–Kier alpha value is -1.89. The van der Waals surface area contributed by atoms with Crippen molar-refractivity contribution in [1.29, 1.82) is 0 Å². The van der Waals surface area contributed by atoms with Crippen molar-refractivity contribution in [3.05, 3.63) is 69.7 Å². The van der Waals surface area contributed by atoms with E-state index in [-0.39, 0.29) is 13.2 Å². The Bertz CT molecular complexity index is 678. The second-order valence-electron chi connectivity index (χ2n) is 5.46. The normalized spacial score (nSPS) is 13.2. The summed E-state index contributed by atoms with van der Waals surface area (Å²) in [5, 5.41) is 22.6. The van der Waals surface area contributed by atoms with E-state index in [0.717, 1.165) is 15.6 Å². The highest BCUT2D eigenvalue weighted by atomic mass is 79.9. The fraction of sp³-hybridized carbons (Fsp3) is 0.278. The molecule has 0 aliphatic heterocycles. The maximum absolute atomic E-state index is 11.6. The lowest BCUT2D eigenvalue weighted by atomic mass is 10.0. The van der Waals surface area contributed by atoms with Crippen LogP contribution >= 0.6 is 15.9 Å². The Kier molecular flexibility index (Phi) is 6.78. The molecule has 0 fully saturated rings. The molecule has 0 aliphatic carbocycles. The number of benzene rings is 2. The molecule has 0 aromatic heterocycles. The number of carbonyl (C=O) groups is 1. The lowest BCUT2D eigenvalue weighted by Crippen LogP contribution is -2.35. The van der Waals surface area contributed by atoms with Crippen molar-refractivity contribution in [2.75, 3.05) is 6.54 Å². The third-order valence-corrected chi connectivity index (χ3v) is 4.42. The second-order valence-corrected chi connectivity index (χ2v) is 6.32. The van der Waals surface area contributed by atoms with Crippen LogP contribution in [-0.2, 0) is 11.3 Å². The smallest absolute Gasteiger partial charge is 0.407 e. The van der Waals surface area contributed by atoms with Crippen LogP contribution < -0.4 is 5.32 Å². The monoisotopic (exact) mass is 393 g/mol. The minimum absolute atomic E-state index is 0.111. The van der Waals surface area contributed by atoms with Gasteiger partial charge in [-0.2, -0.15) is 0 Å². The highest BCUT2D eigenvalue weighted by Crippen LogP contribution is 2.23. The fourth-order valence-electron chi connectivity index (χ4n) is 2.09. The molecule has 5 nitrogen and oxygen atoms in total. The number of nitrogens with one attached hydrogen (secondary N) is 1. The molecule has 0 aliphatic rings. The lowest BCUT2D eigenvalue weighted by molar-refractivity contribution is 0.0183. The minimum Gasteiger partial charge on any atom is -0.445 e. The number of aliphatic hydroxyl groups is 2. The summed E-state index contributed by atoms with van der Waals surface area (Å²) in [6.45, 7) is 1.97. The van der Waals surface area contributed by atoms with Crippen LogP contribution in [0, 0.1) is 6.92 Å². The number of alkyl carbamates (subject to hydrolysis) is 1. The molecule has 24 heavy (non-hydrogen) atoms. The average Bonchev–Trinajstić information content (AvgIpc) is 2.60. The van der Waals surface area contributed by atoms with Gasteiger partial charge in [0.1, 0.15) is 18.8 Å². The number of amides is 1. The van der Waals surface area contributed by atoms with E-state index in [1.165, 1.54) is 0 Å². The van der Waals surface area contributed by atoms with Gasteiger partial charge in [0.05, 0.1) is 0 Å². The molecular weight excluding hydrogens is 374 g/mol. The maximum Gasteiger partial charge on any atom is 0.407 e. The van der Waals surface area contributed by atoms with Crippen LogP contribution in [0.4, 0.5) is 4.79 Å². The van der Waals surface area contributed by atoms with Crippen molar-refractivity contribution in [3.63, 3.8) is 0 Å². The van der Waals surface area contributed by atoms with Crippen LogP contribution in [-0.4, -0.2) is 29.0 Å². The van der Waals surface area contributed by atoms with Gasteiger partial charge in [0.2, 0.25) is 0 Å². The van der Waals surface area contributed by atoms with Crippen LogP contribution in [0.25, 0.3) is 0 Å². The number of ether oxygens (including phenoxy) is 1. The summed E-state index contributed by atoms with van der Waals surface area (Å²) in [6, 6.07) is 14.6. The number of hydrogen-bond acceptors (Lipinski definition) is 4. The molecule has 2 atom stereocenters. The van der Waals surface area contributed by atoms with E-state index in [9.17, 15) is 15.0 Å². The molecule has 128 valence electrons. The van der Waals surface area contributed by atoms with Crippen molar-refractivity contribution in [3.8, 4) is 0 Å². The number of carbonyl (C=O) groups excluding carboxylic acids is 1. The predicted octanol–water partition coefficient (Wildman–Crippen LogP) is 3.08. The SMILES string of the molecule is Cc1ccc(C(O)C(O)CNC(=O)OCc2ccccc2)cc1Br. The van der Waals surface area contributed by atoms with Gasteiger partial charge < -0.3 is 20.3 Å². The molecule has 0 spiro atoms. The molecule has 0 heterocycles. The zero-order valence-electron chi connectivity index (χ0n) is 13.3. The molecule has 2 unspecified atom stereocenters. The van der Waals surface area contributed by atoms with Crippen molar-refractivity contribution in [2.45, 2.75) is 25.7 Å². The zero-order chi connectivity index (χ0) is 17.5. The van der Waals surface area contributed by atoms with Crippen molar-refractivity contribution >= 4 is 22.0 Å². The molecule has 0 saturated carbocycles. The van der Waals surface area contributed by atoms with Crippen LogP contribution in [0.1, 0.15) is 22.8 Å². The molecule has 2 aromatic rings. The van der Waals surface area contributed by atoms with E-state index >= 15 is 0 Å². The fourth-order valence-corrected chi connectivity index (χ4v) is 2.49. The molecule has 3 N–H and O–H groups in total. The van der Waals surface area contributed by atoms with Gasteiger partial charge in [-0.1, -0.05) is 58.4 Å². The number of hydrogen-bond donors (Lipinski definition) is 3. The van der Waals surface area contributed by atoms with Gasteiger partial charge in [0.25, 0.3) is 0 Å². The number of halogens is 1. The Morgan fingerprint density at radius 3 is 2.58 bits per heavy atom. The van der Waals surface area contributed by atoms with E-state index in [2.05, 4.69) is 21.2 Å². The van der Waals surface area contributed by atoms with E-state index in [1.54, 1.807) is 12.1 Å². The van der Waals surface area contributed by atoms with Crippen molar-refractivity contribution < 1.29 is 19.7 Å². The number of aliphatic hydroxyl groups excluding tert-OH is 2. The summed E-state index contributed by atoms with van der Waals surface area (Å²) in [4.78, 5) is 11.6. The largest absolute Gasteiger partial charge is 0.445 e. The Morgan fingerprint density at radius 2 is 1.92 bits per heavy atom. The summed E-state index contributed by atoms with van der Waals surface area (Å²) in [6.07, 6.45) is -2.88. The Balaban J connectivity index is 1.80. The van der Waals surface area contributed by atoms with Gasteiger partial charge in [-0.25, -0.2) is 4.79 Å². The summed E-state index contributed by atoms with van der Waals surface area (Å²) in [5.41, 5.74) is 2.47. The van der Waals surface area contributed by atoms with Crippen LogP contribution in [0.15, 0.2) is 53.0 Å². The highest BCUT2D eigenvalue weighted by molar-refractivity contribution is 9.10. The second kappa shape index (κ2) is 8.82. The summed E-state index contributed by atoms with van der Waals surface area (Å²) in [7, 11) is 0. The molecule has 2 aromatic carbocycles. The van der Waals surface area contributed by atoms with Gasteiger partial charge in [0.15, 0.2) is 0 Å². The summed E-state index contributed by atoms with van der Waals surface area (Å²) in [5.74, 6) is 0. The van der Waals surface area contributed by atoms with Crippen molar-refractivity contribution in [1.82, 2.24) is 5.32 Å². The number of aryl methyl sites for hydroxylation is 1. The van der Waals surface area contributed by atoms with Crippen LogP contribution in [0.5, 0.6) is 0 Å². The van der Waals surface area contributed by atoms with Crippen LogP contribution in [0.2, 0.25) is 0 Å². The number of rotatable bonds is 6. The minimum atomic E-state index is -1.14. The molecule has 0 bridgehead atoms. The lowest BCUT2D eigenvalue weighted by Gasteiger charge is -2.19. The first-order valence-electron chi connectivity index (χ1n) is 7.54. The first-order valence-corrected chi connectivity index (χ1v) is 8.33. The standard InChI is InChI=1S/C18H20BrNO4/c1-12-7-8-14(9-15(12)19)17(22)16(21)10-20-18(23)24-11-13-5-3-2-4-6-13/h2-9,16-17,21-22H,10-11H2,1H3,(H,20,23). The summed E-state index contributed by atoms with van der Waals surface area (Å²) < 4.78 is 5.90. The molecule has 0 saturated heterocycles. The molecule has 2 rings (SSSR count). The molecule has 0 radical (unpaired) electrons. The van der Waals surface area contributed by atoms with Gasteiger partial charge >= 0.3 is 6.09 Å². The van der Waals surface area contributed by atoms with E-state index < -0.39 is 18.3 Å². The van der Waals surface area contributed by atoms with E-state index in [0.29, 0.717) is 5.56 Å². The van der Waals surface area contributed by atoms with E-state index in [1.807, 2.05) is 43.3 Å². The average molecular weight is 394 g/mol. The first-order chi connectivity index (χ1) is 11.5. The van der Waals surface area contributed by atoms with Gasteiger partial charge in [-0.3, -0.25) is 0 Å². The van der Waals surface area contributed by atoms with Gasteiger partial charge in [0, 0.05) is 11.0 Å². The highest BCUT2D eigenvalue weighted by Gasteiger charge is 2.20. The molecule has 1 amide bonds. The third kappa shape index (κ3) is 5.33. The third-order valence-electron chi connectivity index (χ3n) is 3.57. The van der Waals surface area contributed by atoms with Gasteiger partial charge in [-0.05, 0) is 29.7 Å². The molecule has 6 heteroatoms. The quantitative estimate of drug-likeness (QED) is 0.704. The molecular formula is C18H20BrNO4. The zero-order valence-corrected chi connectivity index (χ0v) is 14.9. The topological polar surface area (TPSA) is 78.8 Å². The Morgan fingerprint density at radius 1 is 1.21 bits per heavy atom. The first kappa shape index (κ1) is 18.4. The summed E-state index contributed by atoms with van der Waals surface area (Å²) >= 11 is 3.39. The maximum atomic E-state index is 11.6. The van der Waals surface area contributed by atoms with Crippen LogP contribution in [0.3, 0.4) is 0 Å². The van der Waals surface area contributed by atoms with Gasteiger partial charge in [-0.15, -0.1) is 0 Å². The Labute approximate surface area is 149 Å². The van der Waals surface area contributed by atoms with E-state index in [4.69, 9.17) is 4.74 Å². The van der Waals surface area contributed by atoms with Crippen molar-refractivity contribution in [2.24, 2.45) is 0 Å². The predicted molar refractivity (Wildman–Crippen MR) is 94.5 cm³/mol.